The maximum Gasteiger partial charge on any atom is 0.313 e. The summed E-state index contributed by atoms with van der Waals surface area (Å²) in [5.41, 5.74) is 0.686. The van der Waals surface area contributed by atoms with Crippen LogP contribution in [0.4, 0.5) is 0 Å². The highest BCUT2D eigenvalue weighted by Crippen LogP contribution is 2.56. The molecule has 12 nitrogen and oxygen atoms in total. The molecule has 2 fully saturated rings. The molecule has 3 amide bonds. The van der Waals surface area contributed by atoms with Gasteiger partial charge in [0, 0.05) is 26.6 Å². The molecule has 3 aliphatic rings. The number of hydroxylamine groups is 2. The molecule has 2 bridgehead atoms. The molecular weight excluding hydrogens is 702 g/mol. The van der Waals surface area contributed by atoms with Crippen LogP contribution in [0, 0.1) is 11.8 Å². The summed E-state index contributed by atoms with van der Waals surface area (Å²) in [4.78, 5) is 64.7. The lowest BCUT2D eigenvalue weighted by Gasteiger charge is -2.35. The van der Waals surface area contributed by atoms with Crippen LogP contribution in [0.2, 0.25) is 0 Å². The average Bonchev–Trinajstić information content (AvgIpc) is 3.85. The minimum absolute atomic E-state index is 0.0353. The van der Waals surface area contributed by atoms with Gasteiger partial charge in [-0.2, -0.15) is 0 Å². The number of hydrogen-bond acceptors (Lipinski definition) is 9. The number of methoxy groups -OCH3 is 2. The second-order valence-corrected chi connectivity index (χ2v) is 13.7. The number of nitrogens with one attached hydrogen (secondary N) is 1. The first-order chi connectivity index (χ1) is 26.7. The second kappa shape index (κ2) is 17.7. The molecule has 0 unspecified atom stereocenters. The van der Waals surface area contributed by atoms with E-state index in [1.54, 1.807) is 84.8 Å². The number of carbonyl (C=O) groups excluding carboxylic acids is 4. The van der Waals surface area contributed by atoms with E-state index in [9.17, 15) is 19.2 Å². The molecule has 288 valence electrons. The Morgan fingerprint density at radius 1 is 0.964 bits per heavy atom. The van der Waals surface area contributed by atoms with Crippen LogP contribution in [-0.2, 0) is 51.4 Å². The summed E-state index contributed by atoms with van der Waals surface area (Å²) in [6, 6.07) is 23.6. The van der Waals surface area contributed by atoms with Crippen molar-refractivity contribution in [3.05, 3.63) is 139 Å². The number of amides is 3. The molecule has 1 spiro atoms. The van der Waals surface area contributed by atoms with Gasteiger partial charge in [0.05, 0.1) is 31.8 Å². The number of allylic oxidation sites excluding steroid dienone is 1. The number of hydrogen-bond donors (Lipinski definition) is 1. The maximum atomic E-state index is 14.8. The van der Waals surface area contributed by atoms with Gasteiger partial charge in [0.1, 0.15) is 30.0 Å². The Hall–Kier alpha value is -5.56. The Morgan fingerprint density at radius 2 is 1.67 bits per heavy atom. The van der Waals surface area contributed by atoms with Crippen molar-refractivity contribution in [2.75, 3.05) is 27.4 Å². The average molecular weight is 750 g/mol. The molecule has 0 saturated carbocycles. The number of carbonyl (C=O) groups is 4. The maximum absolute atomic E-state index is 14.8. The lowest BCUT2D eigenvalue weighted by Crippen LogP contribution is -2.55. The number of benzene rings is 3. The number of nitrogens with zero attached hydrogens (tertiary/aromatic N) is 2. The van der Waals surface area contributed by atoms with Crippen LogP contribution < -0.4 is 10.1 Å². The lowest BCUT2D eigenvalue weighted by molar-refractivity contribution is -0.211. The molecule has 3 aromatic rings. The molecule has 12 heteroatoms. The molecule has 55 heavy (non-hydrogen) atoms. The highest BCUT2D eigenvalue weighted by Gasteiger charge is 2.74. The number of esters is 1. The molecule has 3 aromatic carbocycles. The van der Waals surface area contributed by atoms with E-state index < -0.39 is 59.5 Å². The normalized spacial score (nSPS) is 23.1. The highest BCUT2D eigenvalue weighted by atomic mass is 16.7. The van der Waals surface area contributed by atoms with Gasteiger partial charge >= 0.3 is 5.97 Å². The molecule has 3 heterocycles. The minimum atomic E-state index is -1.54. The number of ether oxygens (including phenoxy) is 4. The van der Waals surface area contributed by atoms with E-state index in [0.717, 1.165) is 16.2 Å². The molecule has 3 aliphatic heterocycles. The van der Waals surface area contributed by atoms with E-state index >= 15 is 0 Å². The first-order valence-electron chi connectivity index (χ1n) is 18.3. The monoisotopic (exact) mass is 749 g/mol. The van der Waals surface area contributed by atoms with Crippen LogP contribution in [0.5, 0.6) is 5.75 Å². The fraction of sp³-hybridized carbons (Fsp3) is 0.349. The zero-order valence-corrected chi connectivity index (χ0v) is 31.1. The van der Waals surface area contributed by atoms with Crippen molar-refractivity contribution in [1.29, 1.82) is 0 Å². The molecule has 1 N–H and O–H groups in total. The van der Waals surface area contributed by atoms with Crippen LogP contribution in [0.1, 0.15) is 35.6 Å². The molecule has 0 aromatic heterocycles. The van der Waals surface area contributed by atoms with Crippen LogP contribution in [0.25, 0.3) is 0 Å². The van der Waals surface area contributed by atoms with E-state index in [-0.39, 0.29) is 38.6 Å². The molecular formula is C43H47N3O9. The predicted octanol–water partition coefficient (Wildman–Crippen LogP) is 4.87. The van der Waals surface area contributed by atoms with Crippen molar-refractivity contribution < 1.29 is 43.0 Å². The van der Waals surface area contributed by atoms with Crippen molar-refractivity contribution in [3.63, 3.8) is 0 Å². The molecule has 0 aliphatic carbocycles. The second-order valence-electron chi connectivity index (χ2n) is 13.7. The summed E-state index contributed by atoms with van der Waals surface area (Å²) in [6.45, 7) is 7.97. The molecule has 6 rings (SSSR count). The summed E-state index contributed by atoms with van der Waals surface area (Å²) in [6.07, 6.45) is 5.50. The lowest BCUT2D eigenvalue weighted by atomic mass is 9.74. The third-order valence-corrected chi connectivity index (χ3v) is 10.1. The summed E-state index contributed by atoms with van der Waals surface area (Å²) in [7, 11) is 3.06. The smallest absolute Gasteiger partial charge is 0.313 e. The number of fused-ring (bicyclic) bond motifs is 1. The first kappa shape index (κ1) is 39.1. The largest absolute Gasteiger partial charge is 0.497 e. The van der Waals surface area contributed by atoms with E-state index in [0.29, 0.717) is 17.7 Å². The molecule has 7 atom stereocenters. The molecule has 0 radical (unpaired) electrons. The van der Waals surface area contributed by atoms with Gasteiger partial charge in [-0.25, -0.2) is 5.06 Å². The van der Waals surface area contributed by atoms with Crippen LogP contribution >= 0.6 is 0 Å². The van der Waals surface area contributed by atoms with Crippen molar-refractivity contribution in [3.8, 4) is 5.75 Å². The summed E-state index contributed by atoms with van der Waals surface area (Å²) in [5.74, 6) is -3.63. The Labute approximate surface area is 321 Å². The highest BCUT2D eigenvalue weighted by molar-refractivity contribution is 5.98. The topological polar surface area (TPSA) is 133 Å². The predicted molar refractivity (Wildman–Crippen MR) is 203 cm³/mol. The van der Waals surface area contributed by atoms with E-state index in [1.807, 2.05) is 36.4 Å². The van der Waals surface area contributed by atoms with Crippen molar-refractivity contribution in [1.82, 2.24) is 15.3 Å². The van der Waals surface area contributed by atoms with Crippen molar-refractivity contribution in [2.24, 2.45) is 11.8 Å². The summed E-state index contributed by atoms with van der Waals surface area (Å²) in [5, 5.41) is 4.03. The number of rotatable bonds is 19. The quantitative estimate of drug-likeness (QED) is 0.135. The van der Waals surface area contributed by atoms with Gasteiger partial charge in [-0.1, -0.05) is 97.1 Å². The van der Waals surface area contributed by atoms with Crippen molar-refractivity contribution in [2.45, 2.75) is 55.9 Å². The fourth-order valence-electron chi connectivity index (χ4n) is 7.58. The summed E-state index contributed by atoms with van der Waals surface area (Å²) < 4.78 is 23.6. The fourth-order valence-corrected chi connectivity index (χ4v) is 7.58. The Morgan fingerprint density at radius 3 is 2.33 bits per heavy atom. The first-order valence-corrected chi connectivity index (χ1v) is 18.3. The van der Waals surface area contributed by atoms with E-state index in [1.165, 1.54) is 7.11 Å². The van der Waals surface area contributed by atoms with E-state index in [4.69, 9.17) is 23.8 Å². The van der Waals surface area contributed by atoms with Gasteiger partial charge in [0.25, 0.3) is 11.8 Å². The van der Waals surface area contributed by atoms with Crippen molar-refractivity contribution >= 4 is 23.7 Å². The third-order valence-electron chi connectivity index (χ3n) is 10.1. The van der Waals surface area contributed by atoms with Gasteiger partial charge < -0.3 is 29.2 Å². The Kier molecular flexibility index (Phi) is 12.6. The van der Waals surface area contributed by atoms with Gasteiger partial charge in [-0.05, 0) is 35.2 Å². The SMILES string of the molecule is C=CCCC(=O)N[C@@H](COC)[C@@H](OC(=O)[C@@H]1[C@H]2C(=O)N(OCc3ccc(OC)cc3)[C@H](C(=O)N(CC=C)Cc3ccccc3)[C@]23C=C[C@H]1O3)c1ccccc1. The standard InChI is InChI=1S/C43H47N3O9/c1-5-7-18-35(47)44-33(28-51-3)38(31-16-12-9-13-17-31)54-42(50)36-34-23-24-43(55-34)37(36)40(48)46(53-27-30-19-21-32(52-4)22-20-30)39(43)41(49)45(25-6-2)26-29-14-10-8-11-15-29/h5-6,8-17,19-24,33-34,36-39H,1-2,7,18,25-28H2,3-4H3,(H,44,47)/t33-,34+,36-,37-,38-,39+,43-/m0/s1. The van der Waals surface area contributed by atoms with E-state index in [2.05, 4.69) is 18.5 Å². The zero-order valence-electron chi connectivity index (χ0n) is 31.1. The summed E-state index contributed by atoms with van der Waals surface area (Å²) >= 11 is 0. The Bertz CT molecular complexity index is 1870. The van der Waals surface area contributed by atoms with Gasteiger partial charge in [-0.3, -0.25) is 24.0 Å². The van der Waals surface area contributed by atoms with Gasteiger partial charge in [0.15, 0.2) is 6.04 Å². The van der Waals surface area contributed by atoms with Gasteiger partial charge in [-0.15, -0.1) is 13.2 Å². The van der Waals surface area contributed by atoms with Crippen LogP contribution in [-0.4, -0.2) is 84.8 Å². The molecule has 2 saturated heterocycles. The van der Waals surface area contributed by atoms with Crippen LogP contribution in [0.3, 0.4) is 0 Å². The minimum Gasteiger partial charge on any atom is -0.497 e. The zero-order chi connectivity index (χ0) is 39.0. The Balaban J connectivity index is 1.33. The van der Waals surface area contributed by atoms with Gasteiger partial charge in [0.2, 0.25) is 5.91 Å². The third kappa shape index (κ3) is 8.26. The van der Waals surface area contributed by atoms with Crippen LogP contribution in [0.15, 0.2) is 122 Å².